The molecule has 0 aliphatic carbocycles. The Hall–Kier alpha value is -2.15. The van der Waals surface area contributed by atoms with Gasteiger partial charge in [0.2, 0.25) is 5.75 Å². The monoisotopic (exact) mass is 296 g/mol. The zero-order chi connectivity index (χ0) is 16.0. The predicted molar refractivity (Wildman–Crippen MR) is 77.5 cm³/mol. The van der Waals surface area contributed by atoms with Gasteiger partial charge in [-0.3, -0.25) is 14.9 Å². The lowest BCUT2D eigenvalue weighted by molar-refractivity contribution is -0.385. The van der Waals surface area contributed by atoms with E-state index in [-0.39, 0.29) is 35.6 Å². The van der Waals surface area contributed by atoms with Gasteiger partial charge in [-0.05, 0) is 26.3 Å². The number of amides is 1. The lowest BCUT2D eigenvalue weighted by Gasteiger charge is -2.27. The summed E-state index contributed by atoms with van der Waals surface area (Å²) >= 11 is 0. The van der Waals surface area contributed by atoms with Crippen molar-refractivity contribution in [2.24, 2.45) is 0 Å². The normalized spacial score (nSPS) is 10.5. The molecule has 0 radical (unpaired) electrons. The van der Waals surface area contributed by atoms with Gasteiger partial charge in [-0.15, -0.1) is 0 Å². The number of carbonyl (C=O) groups excluding carboxylic acids is 1. The summed E-state index contributed by atoms with van der Waals surface area (Å²) in [7, 11) is 1.30. The Morgan fingerprint density at radius 2 is 2.14 bits per heavy atom. The van der Waals surface area contributed by atoms with E-state index in [2.05, 4.69) is 0 Å². The number of nitro groups is 1. The molecule has 1 aromatic rings. The molecule has 0 heterocycles. The van der Waals surface area contributed by atoms with Crippen molar-refractivity contribution in [1.29, 1.82) is 0 Å². The van der Waals surface area contributed by atoms with Crippen LogP contribution in [0.2, 0.25) is 0 Å². The summed E-state index contributed by atoms with van der Waals surface area (Å²) in [5, 5.41) is 19.9. The Morgan fingerprint density at radius 3 is 2.62 bits per heavy atom. The summed E-state index contributed by atoms with van der Waals surface area (Å²) in [6.07, 6.45) is 0.446. The highest BCUT2D eigenvalue weighted by atomic mass is 16.6. The molecule has 0 fully saturated rings. The molecule has 1 amide bonds. The highest BCUT2D eigenvalue weighted by Gasteiger charge is 2.26. The second kappa shape index (κ2) is 7.58. The number of hydrogen-bond acceptors (Lipinski definition) is 5. The molecule has 0 aliphatic heterocycles. The number of ether oxygens (including phenoxy) is 1. The van der Waals surface area contributed by atoms with E-state index in [9.17, 15) is 14.9 Å². The fourth-order valence-corrected chi connectivity index (χ4v) is 2.04. The van der Waals surface area contributed by atoms with Crippen LogP contribution in [-0.2, 0) is 0 Å². The van der Waals surface area contributed by atoms with Gasteiger partial charge in [0, 0.05) is 25.3 Å². The SMILES string of the molecule is COc1c(C(=O)N(CCCO)C(C)C)cccc1[N+](=O)[O-]. The van der Waals surface area contributed by atoms with Crippen molar-refractivity contribution in [3.05, 3.63) is 33.9 Å². The third-order valence-electron chi connectivity index (χ3n) is 3.07. The first kappa shape index (κ1) is 16.9. The Bertz CT molecular complexity index is 516. The van der Waals surface area contributed by atoms with Crippen molar-refractivity contribution in [2.45, 2.75) is 26.3 Å². The molecule has 0 aromatic heterocycles. The van der Waals surface area contributed by atoms with Crippen LogP contribution in [0.1, 0.15) is 30.6 Å². The third kappa shape index (κ3) is 3.91. The van der Waals surface area contributed by atoms with Gasteiger partial charge in [0.15, 0.2) is 0 Å². The molecule has 7 heteroatoms. The van der Waals surface area contributed by atoms with Gasteiger partial charge >= 0.3 is 5.69 Å². The minimum atomic E-state index is -0.580. The maximum Gasteiger partial charge on any atom is 0.311 e. The summed E-state index contributed by atoms with van der Waals surface area (Å²) in [5.41, 5.74) is -0.0902. The molecule has 1 rings (SSSR count). The van der Waals surface area contributed by atoms with Crippen molar-refractivity contribution in [2.75, 3.05) is 20.3 Å². The maximum atomic E-state index is 12.6. The smallest absolute Gasteiger partial charge is 0.311 e. The first-order chi connectivity index (χ1) is 9.93. The van der Waals surface area contributed by atoms with Gasteiger partial charge in [-0.2, -0.15) is 0 Å². The summed E-state index contributed by atoms with van der Waals surface area (Å²) in [6.45, 7) is 4.04. The van der Waals surface area contributed by atoms with E-state index in [0.717, 1.165) is 0 Å². The first-order valence-corrected chi connectivity index (χ1v) is 6.67. The van der Waals surface area contributed by atoms with E-state index < -0.39 is 4.92 Å². The molecular formula is C14H20N2O5. The Balaban J connectivity index is 3.21. The Morgan fingerprint density at radius 1 is 1.48 bits per heavy atom. The van der Waals surface area contributed by atoms with Gasteiger partial charge in [0.25, 0.3) is 5.91 Å². The molecule has 21 heavy (non-hydrogen) atoms. The molecule has 0 unspecified atom stereocenters. The molecule has 1 N–H and O–H groups in total. The largest absolute Gasteiger partial charge is 0.490 e. The van der Waals surface area contributed by atoms with Gasteiger partial charge in [-0.1, -0.05) is 6.07 Å². The number of para-hydroxylation sites is 1. The van der Waals surface area contributed by atoms with Crippen LogP contribution in [-0.4, -0.2) is 47.1 Å². The average molecular weight is 296 g/mol. The van der Waals surface area contributed by atoms with Crippen molar-refractivity contribution in [1.82, 2.24) is 4.90 Å². The summed E-state index contributed by atoms with van der Waals surface area (Å²) in [5.74, 6) is -0.388. The Labute approximate surface area is 123 Å². The molecule has 0 saturated heterocycles. The second-order valence-electron chi connectivity index (χ2n) is 4.78. The average Bonchev–Trinajstić information content (AvgIpc) is 2.45. The molecule has 0 aliphatic rings. The number of rotatable bonds is 7. The number of hydrogen-bond donors (Lipinski definition) is 1. The van der Waals surface area contributed by atoms with Crippen LogP contribution < -0.4 is 4.74 Å². The van der Waals surface area contributed by atoms with Gasteiger partial charge in [0.1, 0.15) is 0 Å². The topological polar surface area (TPSA) is 92.9 Å². The first-order valence-electron chi connectivity index (χ1n) is 6.67. The summed E-state index contributed by atoms with van der Waals surface area (Å²) in [4.78, 5) is 24.6. The van der Waals surface area contributed by atoms with Crippen molar-refractivity contribution >= 4 is 11.6 Å². The van der Waals surface area contributed by atoms with Crippen LogP contribution in [0.3, 0.4) is 0 Å². The van der Waals surface area contributed by atoms with Crippen LogP contribution in [0.4, 0.5) is 5.69 Å². The highest BCUT2D eigenvalue weighted by Crippen LogP contribution is 2.31. The van der Waals surface area contributed by atoms with E-state index in [0.29, 0.717) is 13.0 Å². The van der Waals surface area contributed by atoms with E-state index in [1.165, 1.54) is 25.3 Å². The lowest BCUT2D eigenvalue weighted by atomic mass is 10.1. The fraction of sp³-hybridized carbons (Fsp3) is 0.500. The van der Waals surface area contributed by atoms with Crippen LogP contribution in [0.25, 0.3) is 0 Å². The predicted octanol–water partition coefficient (Wildman–Crippen LogP) is 1.84. The number of methoxy groups -OCH3 is 1. The molecule has 0 saturated carbocycles. The van der Waals surface area contributed by atoms with Crippen molar-refractivity contribution in [3.8, 4) is 5.75 Å². The van der Waals surface area contributed by atoms with Gasteiger partial charge in [0.05, 0.1) is 17.6 Å². The van der Waals surface area contributed by atoms with E-state index >= 15 is 0 Å². The minimum Gasteiger partial charge on any atom is -0.490 e. The number of benzene rings is 1. The molecule has 7 nitrogen and oxygen atoms in total. The molecule has 1 aromatic carbocycles. The minimum absolute atomic E-state index is 0.0252. The van der Waals surface area contributed by atoms with E-state index in [1.807, 2.05) is 13.8 Å². The van der Waals surface area contributed by atoms with Gasteiger partial charge in [-0.25, -0.2) is 0 Å². The quantitative estimate of drug-likeness (QED) is 0.612. The van der Waals surface area contributed by atoms with Crippen LogP contribution in [0.15, 0.2) is 18.2 Å². The zero-order valence-electron chi connectivity index (χ0n) is 12.4. The number of carbonyl (C=O) groups is 1. The Kier molecular flexibility index (Phi) is 6.10. The highest BCUT2D eigenvalue weighted by molar-refractivity contribution is 5.98. The maximum absolute atomic E-state index is 12.6. The lowest BCUT2D eigenvalue weighted by Crippen LogP contribution is -2.38. The molecule has 116 valence electrons. The van der Waals surface area contributed by atoms with Crippen molar-refractivity contribution < 1.29 is 19.6 Å². The number of aliphatic hydroxyl groups excluding tert-OH is 1. The third-order valence-corrected chi connectivity index (χ3v) is 3.07. The number of aliphatic hydroxyl groups is 1. The number of nitro benzene ring substituents is 1. The van der Waals surface area contributed by atoms with Crippen LogP contribution >= 0.6 is 0 Å². The second-order valence-corrected chi connectivity index (χ2v) is 4.78. The summed E-state index contributed by atoms with van der Waals surface area (Å²) < 4.78 is 5.05. The van der Waals surface area contributed by atoms with Crippen LogP contribution in [0.5, 0.6) is 5.75 Å². The van der Waals surface area contributed by atoms with E-state index in [1.54, 1.807) is 4.90 Å². The molecule has 0 spiro atoms. The van der Waals surface area contributed by atoms with Gasteiger partial charge < -0.3 is 14.7 Å². The molecule has 0 atom stereocenters. The summed E-state index contributed by atoms with van der Waals surface area (Å²) in [6, 6.07) is 4.16. The van der Waals surface area contributed by atoms with Crippen LogP contribution in [0, 0.1) is 10.1 Å². The van der Waals surface area contributed by atoms with E-state index in [4.69, 9.17) is 9.84 Å². The number of nitrogens with zero attached hydrogens (tertiary/aromatic N) is 2. The van der Waals surface area contributed by atoms with Crippen molar-refractivity contribution in [3.63, 3.8) is 0 Å². The zero-order valence-corrected chi connectivity index (χ0v) is 12.4. The molecular weight excluding hydrogens is 276 g/mol. The molecule has 0 bridgehead atoms. The fourth-order valence-electron chi connectivity index (χ4n) is 2.04. The standard InChI is InChI=1S/C14H20N2O5/c1-10(2)15(8-5-9-17)14(18)11-6-4-7-12(16(19)20)13(11)21-3/h4,6-7,10,17H,5,8-9H2,1-3H3.